The normalized spacial score (nSPS) is 16.4. The van der Waals surface area contributed by atoms with Crippen LogP contribution in [0.2, 0.25) is 5.02 Å². The molecule has 2 heterocycles. The number of aliphatic imine (C=N–C) groups is 1. The standard InChI is InChI=1S/C24H22ClN3O3S/c1-17-9-10-22-20(15-17)24(26-21-7-2-3-8-23(21)31-22)27-11-13-28(14-12-27)32(29,30)19-6-4-5-18(25)16-19/h2-10,15-16H,11-14H2,1H3. The maximum Gasteiger partial charge on any atom is 0.243 e. The van der Waals surface area contributed by atoms with Gasteiger partial charge in [0.25, 0.3) is 0 Å². The molecule has 32 heavy (non-hydrogen) atoms. The Hall–Kier alpha value is -2.87. The molecule has 0 spiro atoms. The van der Waals surface area contributed by atoms with E-state index in [9.17, 15) is 8.42 Å². The number of fused-ring (bicyclic) bond motifs is 2. The number of nitrogens with zero attached hydrogens (tertiary/aromatic N) is 3. The molecular formula is C24H22ClN3O3S. The fourth-order valence-corrected chi connectivity index (χ4v) is 5.72. The number of para-hydroxylation sites is 2. The predicted octanol–water partition coefficient (Wildman–Crippen LogP) is 4.84. The van der Waals surface area contributed by atoms with Gasteiger partial charge >= 0.3 is 0 Å². The van der Waals surface area contributed by atoms with Crippen LogP contribution < -0.4 is 4.74 Å². The third kappa shape index (κ3) is 3.88. The average Bonchev–Trinajstić information content (AvgIpc) is 2.96. The smallest absolute Gasteiger partial charge is 0.243 e. The Labute approximate surface area is 192 Å². The number of sulfonamides is 1. The minimum absolute atomic E-state index is 0.216. The summed E-state index contributed by atoms with van der Waals surface area (Å²) in [6.45, 7) is 3.79. The molecule has 1 fully saturated rings. The number of ether oxygens (including phenoxy) is 1. The van der Waals surface area contributed by atoms with E-state index >= 15 is 0 Å². The molecular weight excluding hydrogens is 446 g/mol. The molecule has 0 bridgehead atoms. The van der Waals surface area contributed by atoms with Crippen molar-refractivity contribution in [3.63, 3.8) is 0 Å². The quantitative estimate of drug-likeness (QED) is 0.541. The highest BCUT2D eigenvalue weighted by molar-refractivity contribution is 7.89. The fraction of sp³-hybridized carbons (Fsp3) is 0.208. The van der Waals surface area contributed by atoms with Crippen molar-refractivity contribution in [2.45, 2.75) is 11.8 Å². The van der Waals surface area contributed by atoms with Crippen LogP contribution in [0.4, 0.5) is 5.69 Å². The molecule has 0 N–H and O–H groups in total. The van der Waals surface area contributed by atoms with E-state index in [4.69, 9.17) is 21.3 Å². The van der Waals surface area contributed by atoms with Crippen LogP contribution >= 0.6 is 11.6 Å². The average molecular weight is 468 g/mol. The fourth-order valence-electron chi connectivity index (χ4n) is 3.99. The molecule has 0 saturated carbocycles. The molecule has 0 aromatic heterocycles. The van der Waals surface area contributed by atoms with Gasteiger partial charge in [0.05, 0.1) is 10.5 Å². The molecule has 8 heteroatoms. The summed E-state index contributed by atoms with van der Waals surface area (Å²) >= 11 is 6.01. The second-order valence-electron chi connectivity index (χ2n) is 7.85. The lowest BCUT2D eigenvalue weighted by Crippen LogP contribution is -2.50. The molecule has 2 aliphatic rings. The SMILES string of the molecule is Cc1ccc2c(c1)C(N1CCN(S(=O)(=O)c3cccc(Cl)c3)CC1)=Nc1ccccc1O2. The van der Waals surface area contributed by atoms with E-state index < -0.39 is 10.0 Å². The van der Waals surface area contributed by atoms with Crippen LogP contribution in [0.1, 0.15) is 11.1 Å². The van der Waals surface area contributed by atoms with Crippen molar-refractivity contribution in [3.05, 3.63) is 82.9 Å². The van der Waals surface area contributed by atoms with E-state index in [0.717, 1.165) is 28.4 Å². The first kappa shape index (κ1) is 21.0. The number of piperazine rings is 1. The van der Waals surface area contributed by atoms with Crippen LogP contribution in [0.5, 0.6) is 11.5 Å². The van der Waals surface area contributed by atoms with E-state index in [1.807, 2.05) is 43.3 Å². The molecule has 0 amide bonds. The lowest BCUT2D eigenvalue weighted by molar-refractivity contribution is 0.266. The van der Waals surface area contributed by atoms with E-state index in [-0.39, 0.29) is 4.90 Å². The molecule has 0 atom stereocenters. The maximum atomic E-state index is 13.1. The zero-order valence-corrected chi connectivity index (χ0v) is 19.1. The maximum absolute atomic E-state index is 13.1. The Morgan fingerprint density at radius 3 is 2.47 bits per heavy atom. The number of aryl methyl sites for hydroxylation is 1. The number of amidine groups is 1. The zero-order chi connectivity index (χ0) is 22.3. The largest absolute Gasteiger partial charge is 0.454 e. The van der Waals surface area contributed by atoms with Crippen LogP contribution in [0.25, 0.3) is 0 Å². The van der Waals surface area contributed by atoms with E-state index in [0.29, 0.717) is 37.0 Å². The summed E-state index contributed by atoms with van der Waals surface area (Å²) in [5.41, 5.74) is 2.77. The lowest BCUT2D eigenvalue weighted by Gasteiger charge is -2.36. The number of halogens is 1. The zero-order valence-electron chi connectivity index (χ0n) is 17.5. The van der Waals surface area contributed by atoms with Crippen LogP contribution in [0, 0.1) is 6.92 Å². The van der Waals surface area contributed by atoms with Gasteiger partial charge in [-0.05, 0) is 49.4 Å². The Morgan fingerprint density at radius 1 is 0.906 bits per heavy atom. The highest BCUT2D eigenvalue weighted by Crippen LogP contribution is 2.38. The van der Waals surface area contributed by atoms with Gasteiger partial charge in [-0.25, -0.2) is 13.4 Å². The summed E-state index contributed by atoms with van der Waals surface area (Å²) < 4.78 is 33.8. The van der Waals surface area contributed by atoms with Crippen LogP contribution in [0.3, 0.4) is 0 Å². The Kier molecular flexibility index (Phi) is 5.41. The first-order chi connectivity index (χ1) is 15.4. The molecule has 6 nitrogen and oxygen atoms in total. The summed E-state index contributed by atoms with van der Waals surface area (Å²) in [5.74, 6) is 2.25. The summed E-state index contributed by atoms with van der Waals surface area (Å²) in [6, 6.07) is 20.1. The molecule has 2 aliphatic heterocycles. The molecule has 0 aliphatic carbocycles. The van der Waals surface area contributed by atoms with E-state index in [2.05, 4.69) is 11.0 Å². The van der Waals surface area contributed by atoms with Crippen molar-refractivity contribution in [1.29, 1.82) is 0 Å². The second kappa shape index (κ2) is 8.24. The van der Waals surface area contributed by atoms with E-state index in [1.165, 1.54) is 10.4 Å². The summed E-state index contributed by atoms with van der Waals surface area (Å²) in [4.78, 5) is 7.28. The molecule has 5 rings (SSSR count). The van der Waals surface area contributed by atoms with Crippen molar-refractivity contribution in [3.8, 4) is 11.5 Å². The number of rotatable bonds is 2. The number of benzene rings is 3. The van der Waals surface area contributed by atoms with Gasteiger partial charge in [0.1, 0.15) is 17.3 Å². The second-order valence-corrected chi connectivity index (χ2v) is 10.2. The van der Waals surface area contributed by atoms with Crippen LogP contribution in [-0.2, 0) is 10.0 Å². The summed E-state index contributed by atoms with van der Waals surface area (Å²) in [7, 11) is -3.60. The summed E-state index contributed by atoms with van der Waals surface area (Å²) in [6.07, 6.45) is 0. The van der Waals surface area contributed by atoms with E-state index in [1.54, 1.807) is 18.2 Å². The molecule has 3 aromatic carbocycles. The minimum Gasteiger partial charge on any atom is -0.454 e. The van der Waals surface area contributed by atoms with Crippen molar-refractivity contribution in [2.24, 2.45) is 4.99 Å². The van der Waals surface area contributed by atoms with Gasteiger partial charge in [-0.2, -0.15) is 4.31 Å². The number of hydrogen-bond acceptors (Lipinski definition) is 5. The van der Waals surface area contributed by atoms with Gasteiger partial charge in [0, 0.05) is 31.2 Å². The van der Waals surface area contributed by atoms with Crippen LogP contribution in [0.15, 0.2) is 76.6 Å². The molecule has 1 saturated heterocycles. The third-order valence-corrected chi connectivity index (χ3v) is 7.79. The molecule has 164 valence electrons. The van der Waals surface area contributed by atoms with Gasteiger partial charge < -0.3 is 9.64 Å². The monoisotopic (exact) mass is 467 g/mol. The first-order valence-corrected chi connectivity index (χ1v) is 12.2. The highest BCUT2D eigenvalue weighted by atomic mass is 35.5. The highest BCUT2D eigenvalue weighted by Gasteiger charge is 2.31. The Balaban J connectivity index is 1.45. The van der Waals surface area contributed by atoms with Crippen LogP contribution in [-0.4, -0.2) is 49.6 Å². The van der Waals surface area contributed by atoms with Crippen molar-refractivity contribution < 1.29 is 13.2 Å². The van der Waals surface area contributed by atoms with Gasteiger partial charge in [0.2, 0.25) is 10.0 Å². The first-order valence-electron chi connectivity index (χ1n) is 10.4. The van der Waals surface area contributed by atoms with Gasteiger partial charge in [-0.3, -0.25) is 0 Å². The molecule has 3 aromatic rings. The number of hydrogen-bond donors (Lipinski definition) is 0. The van der Waals surface area contributed by atoms with Gasteiger partial charge in [-0.1, -0.05) is 41.4 Å². The topological polar surface area (TPSA) is 62.2 Å². The minimum atomic E-state index is -3.60. The van der Waals surface area contributed by atoms with Crippen molar-refractivity contribution >= 4 is 33.1 Å². The predicted molar refractivity (Wildman–Crippen MR) is 126 cm³/mol. The third-order valence-electron chi connectivity index (χ3n) is 5.66. The lowest BCUT2D eigenvalue weighted by atomic mass is 10.1. The molecule has 0 unspecified atom stereocenters. The van der Waals surface area contributed by atoms with Gasteiger partial charge in [-0.15, -0.1) is 0 Å². The molecule has 0 radical (unpaired) electrons. The van der Waals surface area contributed by atoms with Gasteiger partial charge in [0.15, 0.2) is 5.75 Å². The Morgan fingerprint density at radius 2 is 1.69 bits per heavy atom. The van der Waals surface area contributed by atoms with Crippen molar-refractivity contribution in [2.75, 3.05) is 26.2 Å². The Bertz CT molecular complexity index is 1320. The van der Waals surface area contributed by atoms with Crippen molar-refractivity contribution in [1.82, 2.24) is 9.21 Å². The summed E-state index contributed by atoms with van der Waals surface area (Å²) in [5, 5.41) is 0.406.